The van der Waals surface area contributed by atoms with Gasteiger partial charge in [0.1, 0.15) is 11.6 Å². The number of benzene rings is 2. The van der Waals surface area contributed by atoms with Crippen LogP contribution in [0.4, 0.5) is 15.8 Å². The highest BCUT2D eigenvalue weighted by atomic mass is 79.9. The van der Waals surface area contributed by atoms with Gasteiger partial charge in [0.2, 0.25) is 0 Å². The maximum absolute atomic E-state index is 13.8. The lowest BCUT2D eigenvalue weighted by molar-refractivity contribution is -0.384. The first-order valence-corrected chi connectivity index (χ1v) is 8.87. The third-order valence-electron chi connectivity index (χ3n) is 3.53. The summed E-state index contributed by atoms with van der Waals surface area (Å²) >= 11 is 9.09. The Hall–Kier alpha value is -2.98. The highest BCUT2D eigenvalue weighted by Gasteiger charge is 2.14. The zero-order chi connectivity index (χ0) is 20.3. The highest BCUT2D eigenvalue weighted by Crippen LogP contribution is 2.28. The molecule has 28 heavy (non-hydrogen) atoms. The van der Waals surface area contributed by atoms with E-state index in [4.69, 9.17) is 16.3 Å². The van der Waals surface area contributed by atoms with Gasteiger partial charge in [-0.3, -0.25) is 14.9 Å². The molecule has 1 aromatic heterocycles. The molecule has 3 aromatic rings. The van der Waals surface area contributed by atoms with Crippen LogP contribution < -0.4 is 10.1 Å². The summed E-state index contributed by atoms with van der Waals surface area (Å²) in [7, 11) is 0. The van der Waals surface area contributed by atoms with Crippen molar-refractivity contribution >= 4 is 44.8 Å². The van der Waals surface area contributed by atoms with Gasteiger partial charge >= 0.3 is 0 Å². The van der Waals surface area contributed by atoms with Crippen molar-refractivity contribution in [3.05, 3.63) is 79.8 Å². The van der Waals surface area contributed by atoms with Gasteiger partial charge in [0.25, 0.3) is 11.6 Å². The number of nitro benzene ring substituents is 1. The predicted octanol–water partition coefficient (Wildman–Crippen LogP) is 4.64. The summed E-state index contributed by atoms with van der Waals surface area (Å²) in [6.07, 6.45) is 1.49. The molecule has 2 aromatic carbocycles. The van der Waals surface area contributed by atoms with Crippen LogP contribution in [-0.4, -0.2) is 20.6 Å². The van der Waals surface area contributed by atoms with E-state index in [0.717, 1.165) is 0 Å². The van der Waals surface area contributed by atoms with Crippen LogP contribution in [0.15, 0.2) is 53.1 Å². The average Bonchev–Trinajstić information content (AvgIpc) is 3.12. The van der Waals surface area contributed by atoms with E-state index in [1.165, 1.54) is 47.3 Å². The summed E-state index contributed by atoms with van der Waals surface area (Å²) in [5.41, 5.74) is -0.0760. The largest absolute Gasteiger partial charge is 0.470 e. The number of hydrogen-bond donors (Lipinski definition) is 1. The SMILES string of the molecule is O=C(Nc1ccc(Br)cc1F)c1ccn(COc2ccc([N+](=O)[O-])cc2Cl)n1. The topological polar surface area (TPSA) is 99.3 Å². The van der Waals surface area contributed by atoms with E-state index < -0.39 is 16.6 Å². The fourth-order valence-electron chi connectivity index (χ4n) is 2.19. The summed E-state index contributed by atoms with van der Waals surface area (Å²) in [5, 5.41) is 17.3. The van der Waals surface area contributed by atoms with Gasteiger partial charge in [0, 0.05) is 22.8 Å². The van der Waals surface area contributed by atoms with Crippen molar-refractivity contribution in [2.45, 2.75) is 6.73 Å². The zero-order valence-electron chi connectivity index (χ0n) is 13.9. The van der Waals surface area contributed by atoms with Crippen LogP contribution in [0.1, 0.15) is 10.5 Å². The van der Waals surface area contributed by atoms with Crippen molar-refractivity contribution < 1.29 is 18.8 Å². The second kappa shape index (κ2) is 8.36. The quantitative estimate of drug-likeness (QED) is 0.419. The molecule has 8 nitrogen and oxygen atoms in total. The smallest absolute Gasteiger partial charge is 0.276 e. The number of halogens is 3. The number of nitrogens with one attached hydrogen (secondary N) is 1. The molecule has 0 fully saturated rings. The molecule has 0 aliphatic rings. The molecule has 0 radical (unpaired) electrons. The van der Waals surface area contributed by atoms with Gasteiger partial charge in [-0.15, -0.1) is 0 Å². The van der Waals surface area contributed by atoms with Crippen LogP contribution in [0.2, 0.25) is 5.02 Å². The van der Waals surface area contributed by atoms with Crippen LogP contribution in [0.5, 0.6) is 5.75 Å². The predicted molar refractivity (Wildman–Crippen MR) is 103 cm³/mol. The van der Waals surface area contributed by atoms with Crippen molar-refractivity contribution in [3.63, 3.8) is 0 Å². The lowest BCUT2D eigenvalue weighted by Crippen LogP contribution is -2.15. The third kappa shape index (κ3) is 4.65. The number of aromatic nitrogens is 2. The van der Waals surface area contributed by atoms with E-state index in [1.807, 2.05) is 0 Å². The molecule has 0 aliphatic heterocycles. The third-order valence-corrected chi connectivity index (χ3v) is 4.32. The van der Waals surface area contributed by atoms with E-state index in [0.29, 0.717) is 4.47 Å². The molecule has 0 atom stereocenters. The molecule has 0 aliphatic carbocycles. The zero-order valence-corrected chi connectivity index (χ0v) is 16.3. The number of nitro groups is 1. The lowest BCUT2D eigenvalue weighted by Gasteiger charge is -2.08. The molecule has 1 N–H and O–H groups in total. The Morgan fingerprint density at radius 3 is 2.79 bits per heavy atom. The number of anilines is 1. The molecule has 1 heterocycles. The molecular formula is C17H11BrClFN4O4. The molecule has 0 unspecified atom stereocenters. The maximum atomic E-state index is 13.8. The molecular weight excluding hydrogens is 459 g/mol. The number of amides is 1. The van der Waals surface area contributed by atoms with Gasteiger partial charge in [-0.2, -0.15) is 5.10 Å². The van der Waals surface area contributed by atoms with E-state index in [1.54, 1.807) is 6.07 Å². The number of non-ortho nitro benzene ring substituents is 1. The minimum absolute atomic E-state index is 0.0247. The van der Waals surface area contributed by atoms with Crippen molar-refractivity contribution in [2.24, 2.45) is 0 Å². The highest BCUT2D eigenvalue weighted by molar-refractivity contribution is 9.10. The standard InChI is InChI=1S/C17H11BrClFN4O4/c18-10-1-3-14(13(20)7-10)21-17(25)15-5-6-23(22-15)9-28-16-4-2-11(24(26)27)8-12(16)19/h1-8H,9H2,(H,21,25). The summed E-state index contributed by atoms with van der Waals surface area (Å²) in [6, 6.07) is 9.49. The number of carbonyl (C=O) groups is 1. The van der Waals surface area contributed by atoms with Crippen molar-refractivity contribution in [1.29, 1.82) is 0 Å². The molecule has 0 saturated carbocycles. The fourth-order valence-corrected chi connectivity index (χ4v) is 2.75. The van der Waals surface area contributed by atoms with E-state index in [-0.39, 0.29) is 34.6 Å². The summed E-state index contributed by atoms with van der Waals surface area (Å²) in [6.45, 7) is -0.0859. The summed E-state index contributed by atoms with van der Waals surface area (Å²) in [4.78, 5) is 22.3. The lowest BCUT2D eigenvalue weighted by atomic mass is 10.3. The van der Waals surface area contributed by atoms with Crippen LogP contribution >= 0.6 is 27.5 Å². The summed E-state index contributed by atoms with van der Waals surface area (Å²) in [5.74, 6) is -0.947. The first kappa shape index (κ1) is 19.8. The van der Waals surface area contributed by atoms with Gasteiger partial charge in [-0.05, 0) is 30.3 Å². The normalized spacial score (nSPS) is 10.5. The molecule has 11 heteroatoms. The number of ether oxygens (including phenoxy) is 1. The number of carbonyl (C=O) groups excluding carboxylic acids is 1. The van der Waals surface area contributed by atoms with Crippen molar-refractivity contribution in [2.75, 3.05) is 5.32 Å². The Morgan fingerprint density at radius 2 is 2.11 bits per heavy atom. The van der Waals surface area contributed by atoms with E-state index in [2.05, 4.69) is 26.3 Å². The van der Waals surface area contributed by atoms with Gasteiger partial charge in [-0.25, -0.2) is 9.07 Å². The number of nitrogens with zero attached hydrogens (tertiary/aromatic N) is 3. The molecule has 3 rings (SSSR count). The van der Waals surface area contributed by atoms with Crippen molar-refractivity contribution in [3.8, 4) is 5.75 Å². The van der Waals surface area contributed by atoms with E-state index in [9.17, 15) is 19.3 Å². The van der Waals surface area contributed by atoms with Crippen LogP contribution in [0.3, 0.4) is 0 Å². The van der Waals surface area contributed by atoms with Crippen LogP contribution in [0.25, 0.3) is 0 Å². The maximum Gasteiger partial charge on any atom is 0.276 e. The Bertz CT molecular complexity index is 1060. The molecule has 0 saturated heterocycles. The molecule has 144 valence electrons. The van der Waals surface area contributed by atoms with Crippen molar-refractivity contribution in [1.82, 2.24) is 9.78 Å². The summed E-state index contributed by atoms with van der Waals surface area (Å²) < 4.78 is 21.1. The second-order valence-electron chi connectivity index (χ2n) is 5.46. The molecule has 0 spiro atoms. The Morgan fingerprint density at radius 1 is 1.32 bits per heavy atom. The van der Waals surface area contributed by atoms with Gasteiger partial charge in [0.15, 0.2) is 12.4 Å². The Kier molecular flexibility index (Phi) is 5.90. The number of rotatable bonds is 6. The second-order valence-corrected chi connectivity index (χ2v) is 6.79. The fraction of sp³-hybridized carbons (Fsp3) is 0.0588. The minimum Gasteiger partial charge on any atom is -0.470 e. The minimum atomic E-state index is -0.589. The molecule has 0 bridgehead atoms. The molecule has 1 amide bonds. The average molecular weight is 470 g/mol. The Labute approximate surface area is 171 Å². The van der Waals surface area contributed by atoms with Crippen LogP contribution in [-0.2, 0) is 6.73 Å². The van der Waals surface area contributed by atoms with Gasteiger partial charge in [0.05, 0.1) is 15.6 Å². The Balaban J connectivity index is 1.64. The van der Waals surface area contributed by atoms with Gasteiger partial charge < -0.3 is 10.1 Å². The van der Waals surface area contributed by atoms with Gasteiger partial charge in [-0.1, -0.05) is 27.5 Å². The monoisotopic (exact) mass is 468 g/mol. The number of hydrogen-bond acceptors (Lipinski definition) is 5. The first-order chi connectivity index (χ1) is 13.3. The van der Waals surface area contributed by atoms with Crippen LogP contribution in [0, 0.1) is 15.9 Å². The first-order valence-electron chi connectivity index (χ1n) is 7.70. The van der Waals surface area contributed by atoms with E-state index >= 15 is 0 Å².